The smallest absolute Gasteiger partial charge is 0.462 e. The predicted molar refractivity (Wildman–Crippen MR) is 270 cm³/mol. The molecule has 0 fully saturated rings. The number of esters is 2. The van der Waals surface area contributed by atoms with E-state index in [0.717, 1.165) is 24.2 Å². The molecule has 2 aromatic heterocycles. The Kier molecular flexibility index (Phi) is 17.3. The maximum absolute atomic E-state index is 11.7. The summed E-state index contributed by atoms with van der Waals surface area (Å²) in [4.78, 5) is 41.7. The summed E-state index contributed by atoms with van der Waals surface area (Å²) in [7, 11) is 0. The topological polar surface area (TPSA) is 84.9 Å². The average molecular weight is 1120 g/mol. The van der Waals surface area contributed by atoms with E-state index in [1.165, 1.54) is 65.9 Å². The summed E-state index contributed by atoms with van der Waals surface area (Å²) < 4.78 is 9.90. The standard InChI is InChI=1S/2C21H14NS.C16H16N2O4.Pt/c2*1-2-16-11-13-17(14-12-16)15-22-18-7-3-5-9-20(18)23-21-10-6-4-8-19(21)22;1-3-21-15(19)11-5-7-17-13(9-11)14-10-12(6-8-18-14)16(20)22-4-2;/h2*3-14H,15H2;5-10H,3-4H2,1-2H3;/q2*-1;;+2. The first-order valence-electron chi connectivity index (χ1n) is 21.9. The van der Waals surface area contributed by atoms with E-state index in [-0.39, 0.29) is 21.1 Å². The van der Waals surface area contributed by atoms with Crippen molar-refractivity contribution in [1.82, 2.24) is 9.97 Å². The second-order valence-corrected chi connectivity index (χ2v) is 17.4. The van der Waals surface area contributed by atoms with E-state index in [0.29, 0.717) is 35.7 Å². The Morgan fingerprint density at radius 3 is 1.12 bits per heavy atom. The van der Waals surface area contributed by atoms with Crippen molar-refractivity contribution in [3.8, 4) is 23.2 Å². The minimum atomic E-state index is -0.423. The molecular formula is C58H44N4O4PtS2. The van der Waals surface area contributed by atoms with Gasteiger partial charge < -0.3 is 32.1 Å². The number of hydrogen-bond donors (Lipinski definition) is 0. The third-order valence-electron chi connectivity index (χ3n) is 10.7. The number of aromatic nitrogens is 2. The normalized spacial score (nSPS) is 11.4. The third kappa shape index (κ3) is 12.2. The molecule has 0 N–H and O–H groups in total. The van der Waals surface area contributed by atoms with Crippen LogP contribution in [-0.4, -0.2) is 35.1 Å². The Bertz CT molecular complexity index is 2850. The maximum atomic E-state index is 11.7. The number of hydrogen-bond acceptors (Lipinski definition) is 10. The van der Waals surface area contributed by atoms with Crippen molar-refractivity contribution in [2.45, 2.75) is 46.5 Å². The molecule has 2 aliphatic heterocycles. The van der Waals surface area contributed by atoms with Gasteiger partial charge >= 0.3 is 33.0 Å². The van der Waals surface area contributed by atoms with Crippen molar-refractivity contribution < 1.29 is 40.1 Å². The molecule has 0 amide bonds. The van der Waals surface area contributed by atoms with E-state index < -0.39 is 11.9 Å². The minimum absolute atomic E-state index is 0. The zero-order valence-electron chi connectivity index (χ0n) is 37.7. The average Bonchev–Trinajstić information content (AvgIpc) is 3.39. The zero-order valence-corrected chi connectivity index (χ0v) is 41.6. The molecule has 0 atom stereocenters. The van der Waals surface area contributed by atoms with Crippen molar-refractivity contribution in [3.63, 3.8) is 0 Å². The molecular weight excluding hydrogens is 1080 g/mol. The van der Waals surface area contributed by atoms with E-state index in [4.69, 9.17) is 22.3 Å². The molecule has 4 heterocycles. The summed E-state index contributed by atoms with van der Waals surface area (Å²) in [5.74, 6) is 4.00. The fourth-order valence-electron chi connectivity index (χ4n) is 7.48. The van der Waals surface area contributed by atoms with Crippen LogP contribution in [0.3, 0.4) is 0 Å². The van der Waals surface area contributed by atoms with E-state index in [9.17, 15) is 9.59 Å². The Labute approximate surface area is 426 Å². The second kappa shape index (κ2) is 24.1. The van der Waals surface area contributed by atoms with E-state index >= 15 is 0 Å². The number of benzene rings is 6. The molecule has 0 aliphatic carbocycles. The Morgan fingerprint density at radius 1 is 0.493 bits per heavy atom. The van der Waals surface area contributed by atoms with E-state index in [1.807, 2.05) is 47.8 Å². The van der Waals surface area contributed by atoms with Gasteiger partial charge in [-0.05, 0) is 97.8 Å². The fourth-order valence-corrected chi connectivity index (χ4v) is 9.67. The molecule has 0 unspecified atom stereocenters. The summed E-state index contributed by atoms with van der Waals surface area (Å²) in [5, 5.41) is 0. The quantitative estimate of drug-likeness (QED) is 0.0791. The van der Waals surface area contributed by atoms with Crippen LogP contribution in [0, 0.1) is 24.7 Å². The Balaban J connectivity index is 0.000000152. The number of ether oxygens (including phenoxy) is 2. The van der Waals surface area contributed by atoms with Crippen LogP contribution in [0.5, 0.6) is 0 Å². The summed E-state index contributed by atoms with van der Waals surface area (Å²) in [6.07, 6.45) is 17.4. The zero-order chi connectivity index (χ0) is 47.2. The largest absolute Gasteiger partial charge is 2.00 e. The molecule has 0 spiro atoms. The van der Waals surface area contributed by atoms with Crippen LogP contribution in [0.15, 0.2) is 202 Å². The van der Waals surface area contributed by atoms with Crippen LogP contribution in [0.4, 0.5) is 22.7 Å². The van der Waals surface area contributed by atoms with Gasteiger partial charge in [-0.1, -0.05) is 96.3 Å². The SMILES string of the molecule is CCOC(=O)c1ccnc(-c2cc(C(=O)OCC)ccn2)c1.[C-]#Cc1ccc(CN2c3ccccc3Sc3ccccc32)cc1.[C-]#Cc1ccc(CN2c3ccccc3Sc3ccccc32)cc1.[Pt+2]. The summed E-state index contributed by atoms with van der Waals surface area (Å²) >= 11 is 3.65. The van der Waals surface area contributed by atoms with Crippen LogP contribution in [0.1, 0.15) is 56.8 Å². The number of para-hydroxylation sites is 4. The molecule has 0 bridgehead atoms. The van der Waals surface area contributed by atoms with Crippen LogP contribution >= 0.6 is 23.5 Å². The molecule has 0 radical (unpaired) electrons. The van der Waals surface area contributed by atoms with E-state index in [1.54, 1.807) is 38.1 Å². The second-order valence-electron chi connectivity index (χ2n) is 15.2. The first-order valence-corrected chi connectivity index (χ1v) is 23.6. The number of nitrogens with zero attached hydrogens (tertiary/aromatic N) is 4. The van der Waals surface area contributed by atoms with Gasteiger partial charge in [-0.3, -0.25) is 21.8 Å². The number of rotatable bonds is 9. The van der Waals surface area contributed by atoms with Crippen molar-refractivity contribution in [2.24, 2.45) is 0 Å². The first-order chi connectivity index (χ1) is 33.3. The molecule has 0 saturated heterocycles. The molecule has 11 heteroatoms. The molecule has 8 aromatic rings. The minimum Gasteiger partial charge on any atom is -0.462 e. The first kappa shape index (κ1) is 49.6. The number of carbonyl (C=O) groups is 2. The van der Waals surface area contributed by atoms with Crippen molar-refractivity contribution >= 4 is 58.2 Å². The monoisotopic (exact) mass is 1120 g/mol. The van der Waals surface area contributed by atoms with Gasteiger partial charge in [0.05, 0.1) is 58.5 Å². The van der Waals surface area contributed by atoms with Gasteiger partial charge in [-0.25, -0.2) is 9.59 Å². The number of pyridine rings is 2. The molecule has 8 nitrogen and oxygen atoms in total. The summed E-state index contributed by atoms with van der Waals surface area (Å²) in [6.45, 7) is 5.70. The van der Waals surface area contributed by atoms with Gasteiger partial charge in [0.1, 0.15) is 0 Å². The molecule has 0 saturated carbocycles. The summed E-state index contributed by atoms with van der Waals surface area (Å²) in [5.41, 5.74) is 10.8. The molecule has 342 valence electrons. The van der Waals surface area contributed by atoms with Crippen molar-refractivity contribution in [3.05, 3.63) is 228 Å². The van der Waals surface area contributed by atoms with Gasteiger partial charge in [0.25, 0.3) is 0 Å². The van der Waals surface area contributed by atoms with Gasteiger partial charge in [-0.2, -0.15) is 0 Å². The van der Waals surface area contributed by atoms with Crippen LogP contribution in [0.2, 0.25) is 0 Å². The van der Waals surface area contributed by atoms with Crippen molar-refractivity contribution in [2.75, 3.05) is 23.0 Å². The number of anilines is 4. The molecule has 69 heavy (non-hydrogen) atoms. The summed E-state index contributed by atoms with van der Waals surface area (Å²) in [6, 6.07) is 56.5. The number of fused-ring (bicyclic) bond motifs is 4. The van der Waals surface area contributed by atoms with E-state index in [2.05, 4.69) is 153 Å². The van der Waals surface area contributed by atoms with Gasteiger partial charge in [0.2, 0.25) is 0 Å². The van der Waals surface area contributed by atoms with Crippen LogP contribution < -0.4 is 9.80 Å². The molecule has 6 aromatic carbocycles. The van der Waals surface area contributed by atoms with Crippen LogP contribution in [-0.2, 0) is 43.6 Å². The molecule has 10 rings (SSSR count). The van der Waals surface area contributed by atoms with Crippen molar-refractivity contribution in [1.29, 1.82) is 0 Å². The Morgan fingerprint density at radius 2 is 0.812 bits per heavy atom. The fraction of sp³-hybridized carbons (Fsp3) is 0.103. The van der Waals surface area contributed by atoms with Crippen LogP contribution in [0.25, 0.3) is 11.4 Å². The maximum Gasteiger partial charge on any atom is 2.00 e. The Hall–Kier alpha value is -7.33. The molecule has 2 aliphatic rings. The van der Waals surface area contributed by atoms with Gasteiger partial charge in [-0.15, -0.1) is 35.4 Å². The number of carbonyl (C=O) groups excluding carboxylic acids is 2. The van der Waals surface area contributed by atoms with Gasteiger partial charge in [0, 0.05) is 45.1 Å². The van der Waals surface area contributed by atoms with Gasteiger partial charge in [0.15, 0.2) is 0 Å². The predicted octanol–water partition coefficient (Wildman–Crippen LogP) is 13.3. The third-order valence-corrected chi connectivity index (χ3v) is 13.0.